The second kappa shape index (κ2) is 11.1. The first-order valence-corrected chi connectivity index (χ1v) is 15.7. The molecule has 204 valence electrons. The van der Waals surface area contributed by atoms with Crippen molar-refractivity contribution in [2.45, 2.75) is 16.1 Å². The van der Waals surface area contributed by atoms with E-state index in [0.717, 1.165) is 5.56 Å². The van der Waals surface area contributed by atoms with Crippen LogP contribution in [0.5, 0.6) is 0 Å². The summed E-state index contributed by atoms with van der Waals surface area (Å²) in [5, 5.41) is 0.363. The molecule has 2 aliphatic rings. The first kappa shape index (κ1) is 25.8. The quantitative estimate of drug-likeness (QED) is 0.205. The summed E-state index contributed by atoms with van der Waals surface area (Å²) in [4.78, 5) is 5.69. The molecule has 43 heavy (non-hydrogen) atoms. The number of allylic oxidation sites excluding steroid dienone is 3. The molecule has 2 heterocycles. The predicted molar refractivity (Wildman–Crippen MR) is 182 cm³/mol. The highest BCUT2D eigenvalue weighted by Gasteiger charge is 2.37. The highest BCUT2D eigenvalue weighted by atomic mass is 32.2. The van der Waals surface area contributed by atoms with E-state index < -0.39 is 0 Å². The van der Waals surface area contributed by atoms with Gasteiger partial charge in [0.25, 0.3) is 0 Å². The Morgan fingerprint density at radius 1 is 0.488 bits per heavy atom. The van der Waals surface area contributed by atoms with Gasteiger partial charge in [0.2, 0.25) is 0 Å². The summed E-state index contributed by atoms with van der Waals surface area (Å²) in [6.45, 7) is 0. The Morgan fingerprint density at radius 2 is 1.09 bits per heavy atom. The molecule has 5 aromatic carbocycles. The number of hydrogen-bond acceptors (Lipinski definition) is 2. The molecule has 0 radical (unpaired) electrons. The number of rotatable bonds is 5. The highest BCUT2D eigenvalue weighted by molar-refractivity contribution is 8.01. The third-order valence-corrected chi connectivity index (χ3v) is 10.1. The summed E-state index contributed by atoms with van der Waals surface area (Å²) in [6.07, 6.45) is 10.7. The summed E-state index contributed by atoms with van der Waals surface area (Å²) in [7, 11) is 0. The number of benzene rings is 5. The van der Waals surface area contributed by atoms with E-state index in [0.29, 0.717) is 11.2 Å². The van der Waals surface area contributed by atoms with Gasteiger partial charge in [-0.05, 0) is 67.3 Å². The molecule has 0 saturated heterocycles. The molecule has 1 aliphatic carbocycles. The Kier molecular flexibility index (Phi) is 6.62. The maximum absolute atomic E-state index is 4.29. The van der Waals surface area contributed by atoms with Crippen molar-refractivity contribution in [2.24, 2.45) is 0 Å². The van der Waals surface area contributed by atoms with Gasteiger partial charge < -0.3 is 0 Å². The molecule has 1 aromatic heterocycles. The third kappa shape index (κ3) is 4.74. The fourth-order valence-corrected chi connectivity index (χ4v) is 8.09. The molecule has 8 rings (SSSR count). The number of fused-ring (bicyclic) bond motifs is 3. The fourth-order valence-electron chi connectivity index (χ4n) is 6.46. The molecule has 1 nitrogen and oxygen atoms in total. The molecule has 2 unspecified atom stereocenters. The summed E-state index contributed by atoms with van der Waals surface area (Å²) < 4.78 is 0. The Morgan fingerprint density at radius 3 is 1.81 bits per heavy atom. The van der Waals surface area contributed by atoms with Crippen molar-refractivity contribution >= 4 is 17.3 Å². The molecular formula is C41H29NS. The largest absolute Gasteiger partial charge is 0.264 e. The van der Waals surface area contributed by atoms with Crippen LogP contribution in [0.3, 0.4) is 0 Å². The second-order valence-electron chi connectivity index (χ2n) is 11.1. The number of pyridine rings is 1. The first-order valence-electron chi connectivity index (χ1n) is 14.8. The number of thioether (sulfide) groups is 1. The van der Waals surface area contributed by atoms with Gasteiger partial charge in [-0.2, -0.15) is 0 Å². The molecule has 6 aromatic rings. The van der Waals surface area contributed by atoms with E-state index in [1.54, 1.807) is 0 Å². The molecule has 1 aliphatic heterocycles. The Bertz CT molecular complexity index is 1970. The van der Waals surface area contributed by atoms with Crippen LogP contribution in [0, 0.1) is 0 Å². The van der Waals surface area contributed by atoms with Gasteiger partial charge in [0.05, 0.1) is 0 Å². The van der Waals surface area contributed by atoms with Gasteiger partial charge in [0.15, 0.2) is 0 Å². The standard InChI is InChI=1S/C41H29NS/c1-2-9-29(10-3-1)34-12-4-5-13-35(34)30-22-24-32(25-23-30)37-15-7-17-39-38-16-6-14-36(40(38)43-41(37)39)31-20-18-28(19-21-31)33-11-8-26-42-27-33/h1-27,38,40H. The van der Waals surface area contributed by atoms with Crippen LogP contribution >= 0.6 is 11.8 Å². The summed E-state index contributed by atoms with van der Waals surface area (Å²) in [5.41, 5.74) is 14.0. The molecule has 0 N–H and O–H groups in total. The number of nitrogens with zero attached hydrogens (tertiary/aromatic N) is 1. The van der Waals surface area contributed by atoms with Gasteiger partial charge in [0, 0.05) is 28.5 Å². The minimum Gasteiger partial charge on any atom is -0.264 e. The zero-order valence-electron chi connectivity index (χ0n) is 23.6. The lowest BCUT2D eigenvalue weighted by Gasteiger charge is -2.23. The molecule has 0 spiro atoms. The van der Waals surface area contributed by atoms with Crippen LogP contribution in [0.1, 0.15) is 17.0 Å². The average molecular weight is 568 g/mol. The van der Waals surface area contributed by atoms with E-state index in [1.807, 2.05) is 30.2 Å². The van der Waals surface area contributed by atoms with E-state index >= 15 is 0 Å². The van der Waals surface area contributed by atoms with Crippen LogP contribution in [0.2, 0.25) is 0 Å². The van der Waals surface area contributed by atoms with Gasteiger partial charge in [-0.25, -0.2) is 0 Å². The minimum absolute atomic E-state index is 0.363. The molecule has 2 atom stereocenters. The van der Waals surface area contributed by atoms with E-state index in [9.17, 15) is 0 Å². The van der Waals surface area contributed by atoms with Crippen molar-refractivity contribution < 1.29 is 0 Å². The van der Waals surface area contributed by atoms with E-state index in [2.05, 4.69) is 151 Å². The van der Waals surface area contributed by atoms with Crippen LogP contribution < -0.4 is 0 Å². The van der Waals surface area contributed by atoms with Gasteiger partial charge in [-0.3, -0.25) is 4.98 Å². The lowest BCUT2D eigenvalue weighted by Crippen LogP contribution is -2.13. The van der Waals surface area contributed by atoms with Crippen LogP contribution in [-0.4, -0.2) is 10.2 Å². The molecule has 0 fully saturated rings. The molecule has 2 heteroatoms. The topological polar surface area (TPSA) is 12.9 Å². The second-order valence-corrected chi connectivity index (χ2v) is 12.3. The van der Waals surface area contributed by atoms with Crippen molar-refractivity contribution in [2.75, 3.05) is 0 Å². The van der Waals surface area contributed by atoms with Crippen LogP contribution in [0.25, 0.3) is 50.1 Å². The van der Waals surface area contributed by atoms with Gasteiger partial charge in [-0.1, -0.05) is 146 Å². The highest BCUT2D eigenvalue weighted by Crippen LogP contribution is 2.55. The van der Waals surface area contributed by atoms with Gasteiger partial charge in [0.1, 0.15) is 0 Å². The third-order valence-electron chi connectivity index (χ3n) is 8.61. The zero-order chi connectivity index (χ0) is 28.6. The smallest absolute Gasteiger partial charge is 0.0454 e. The number of hydrogen-bond donors (Lipinski definition) is 0. The molecule has 0 bridgehead atoms. The fraction of sp³-hybridized carbons (Fsp3) is 0.0488. The molecule has 0 amide bonds. The van der Waals surface area contributed by atoms with E-state index in [-0.39, 0.29) is 0 Å². The van der Waals surface area contributed by atoms with Gasteiger partial charge >= 0.3 is 0 Å². The predicted octanol–water partition coefficient (Wildman–Crippen LogP) is 11.0. The maximum Gasteiger partial charge on any atom is 0.0454 e. The van der Waals surface area contributed by atoms with E-state index in [1.165, 1.54) is 60.5 Å². The van der Waals surface area contributed by atoms with Crippen molar-refractivity contribution in [3.63, 3.8) is 0 Å². The molecular weight excluding hydrogens is 539 g/mol. The lowest BCUT2D eigenvalue weighted by atomic mass is 9.84. The van der Waals surface area contributed by atoms with Crippen molar-refractivity contribution in [3.05, 3.63) is 175 Å². The Balaban J connectivity index is 1.09. The SMILES string of the molecule is C1=CC2c3cccc(-c4ccc(-c5ccccc5-c5ccccc5)cc4)c3SC2C(c2ccc(-c3cccnc3)cc2)=C1. The maximum atomic E-state index is 4.29. The van der Waals surface area contributed by atoms with Crippen LogP contribution in [-0.2, 0) is 0 Å². The number of aromatic nitrogens is 1. The summed E-state index contributed by atoms with van der Waals surface area (Å²) >= 11 is 2.02. The van der Waals surface area contributed by atoms with Crippen molar-refractivity contribution in [1.29, 1.82) is 0 Å². The van der Waals surface area contributed by atoms with Crippen molar-refractivity contribution in [3.8, 4) is 44.5 Å². The normalized spacial score (nSPS) is 16.8. The van der Waals surface area contributed by atoms with Crippen molar-refractivity contribution in [1.82, 2.24) is 4.98 Å². The Labute approximate surface area is 257 Å². The summed E-state index contributed by atoms with van der Waals surface area (Å²) in [5.74, 6) is 0.370. The monoisotopic (exact) mass is 567 g/mol. The van der Waals surface area contributed by atoms with E-state index in [4.69, 9.17) is 0 Å². The lowest BCUT2D eigenvalue weighted by molar-refractivity contribution is 0.893. The van der Waals surface area contributed by atoms with Gasteiger partial charge in [-0.15, -0.1) is 11.8 Å². The summed E-state index contributed by atoms with van der Waals surface area (Å²) in [6, 6.07) is 48.4. The van der Waals surface area contributed by atoms with Crippen LogP contribution in [0.15, 0.2) is 169 Å². The minimum atomic E-state index is 0.363. The first-order chi connectivity index (χ1) is 21.3. The molecule has 0 saturated carbocycles. The zero-order valence-corrected chi connectivity index (χ0v) is 24.4. The van der Waals surface area contributed by atoms with Crippen LogP contribution in [0.4, 0.5) is 0 Å². The Hall–Kier alpha value is -4.92. The average Bonchev–Trinajstić information content (AvgIpc) is 3.49.